The average Bonchev–Trinajstić information content (AvgIpc) is 2.61. The SMILES string of the molecule is CS(=O)(=O)c1cccc(C(=O)NCCc2cccc3cccnc23)c1. The Morgan fingerprint density at radius 3 is 2.64 bits per heavy atom. The van der Waals surface area contributed by atoms with Crippen LogP contribution < -0.4 is 5.32 Å². The molecule has 0 fully saturated rings. The minimum atomic E-state index is -3.33. The van der Waals surface area contributed by atoms with E-state index in [1.165, 1.54) is 12.1 Å². The molecule has 25 heavy (non-hydrogen) atoms. The molecule has 0 bridgehead atoms. The van der Waals surface area contributed by atoms with Crippen LogP contribution >= 0.6 is 0 Å². The van der Waals surface area contributed by atoms with Crippen LogP contribution in [0.25, 0.3) is 10.9 Å². The molecule has 0 aliphatic rings. The number of carbonyl (C=O) groups excluding carboxylic acids is 1. The van der Waals surface area contributed by atoms with E-state index in [2.05, 4.69) is 10.3 Å². The Bertz CT molecular complexity index is 1020. The van der Waals surface area contributed by atoms with E-state index in [9.17, 15) is 13.2 Å². The van der Waals surface area contributed by atoms with Crippen LogP contribution in [0.1, 0.15) is 15.9 Å². The first-order valence-corrected chi connectivity index (χ1v) is 9.75. The highest BCUT2D eigenvalue weighted by Crippen LogP contribution is 2.16. The van der Waals surface area contributed by atoms with Crippen molar-refractivity contribution < 1.29 is 13.2 Å². The summed E-state index contributed by atoms with van der Waals surface area (Å²) in [6.07, 6.45) is 3.52. The number of carbonyl (C=O) groups is 1. The molecule has 0 aliphatic heterocycles. The molecule has 128 valence electrons. The minimum Gasteiger partial charge on any atom is -0.352 e. The van der Waals surface area contributed by atoms with Crippen molar-refractivity contribution in [3.63, 3.8) is 0 Å². The Kier molecular flexibility index (Phi) is 4.81. The highest BCUT2D eigenvalue weighted by atomic mass is 32.2. The van der Waals surface area contributed by atoms with Gasteiger partial charge < -0.3 is 5.32 Å². The van der Waals surface area contributed by atoms with Crippen molar-refractivity contribution in [2.45, 2.75) is 11.3 Å². The standard InChI is InChI=1S/C19H18N2O3S/c1-25(23,24)17-9-3-7-16(13-17)19(22)21-12-10-15-6-2-5-14-8-4-11-20-18(14)15/h2-9,11,13H,10,12H2,1H3,(H,21,22). The van der Waals surface area contributed by atoms with Gasteiger partial charge in [0.2, 0.25) is 0 Å². The average molecular weight is 354 g/mol. The van der Waals surface area contributed by atoms with Crippen molar-refractivity contribution in [1.82, 2.24) is 10.3 Å². The van der Waals surface area contributed by atoms with Crippen LogP contribution in [0.3, 0.4) is 0 Å². The lowest BCUT2D eigenvalue weighted by Gasteiger charge is -2.08. The molecule has 1 N–H and O–H groups in total. The molecule has 1 amide bonds. The van der Waals surface area contributed by atoms with Crippen molar-refractivity contribution >= 4 is 26.6 Å². The minimum absolute atomic E-state index is 0.137. The maximum Gasteiger partial charge on any atom is 0.251 e. The molecular formula is C19H18N2O3S. The zero-order valence-corrected chi connectivity index (χ0v) is 14.6. The Balaban J connectivity index is 1.69. The highest BCUT2D eigenvalue weighted by molar-refractivity contribution is 7.90. The number of hydrogen-bond donors (Lipinski definition) is 1. The summed E-state index contributed by atoms with van der Waals surface area (Å²) in [7, 11) is -3.33. The summed E-state index contributed by atoms with van der Waals surface area (Å²) in [6, 6.07) is 15.9. The largest absolute Gasteiger partial charge is 0.352 e. The second kappa shape index (κ2) is 7.03. The van der Waals surface area contributed by atoms with Gasteiger partial charge in [-0.15, -0.1) is 0 Å². The number of fused-ring (bicyclic) bond motifs is 1. The van der Waals surface area contributed by atoms with Gasteiger partial charge in [-0.3, -0.25) is 9.78 Å². The molecule has 0 radical (unpaired) electrons. The Morgan fingerprint density at radius 2 is 1.84 bits per heavy atom. The number of nitrogens with zero attached hydrogens (tertiary/aromatic N) is 1. The lowest BCUT2D eigenvalue weighted by atomic mass is 10.1. The Hall–Kier alpha value is -2.73. The smallest absolute Gasteiger partial charge is 0.251 e. The maximum absolute atomic E-state index is 12.3. The summed E-state index contributed by atoms with van der Waals surface area (Å²) in [4.78, 5) is 16.8. The van der Waals surface area contributed by atoms with E-state index >= 15 is 0 Å². The van der Waals surface area contributed by atoms with Gasteiger partial charge >= 0.3 is 0 Å². The van der Waals surface area contributed by atoms with E-state index in [1.807, 2.05) is 30.3 Å². The summed E-state index contributed by atoms with van der Waals surface area (Å²) in [6.45, 7) is 0.442. The van der Waals surface area contributed by atoms with E-state index in [1.54, 1.807) is 18.3 Å². The van der Waals surface area contributed by atoms with Gasteiger partial charge in [0.25, 0.3) is 5.91 Å². The van der Waals surface area contributed by atoms with Crippen LogP contribution in [-0.2, 0) is 16.3 Å². The number of pyridine rings is 1. The molecule has 6 heteroatoms. The number of nitrogens with one attached hydrogen (secondary N) is 1. The number of aromatic nitrogens is 1. The molecule has 5 nitrogen and oxygen atoms in total. The molecular weight excluding hydrogens is 336 g/mol. The summed E-state index contributed by atoms with van der Waals surface area (Å²) in [5.41, 5.74) is 2.32. The van der Waals surface area contributed by atoms with Gasteiger partial charge in [0.05, 0.1) is 10.4 Å². The van der Waals surface area contributed by atoms with Crippen molar-refractivity contribution in [3.05, 3.63) is 71.9 Å². The molecule has 3 aromatic rings. The first-order chi connectivity index (χ1) is 11.9. The third kappa shape index (κ3) is 4.03. The number of rotatable bonds is 5. The highest BCUT2D eigenvalue weighted by Gasteiger charge is 2.11. The van der Waals surface area contributed by atoms with Crippen LogP contribution in [0.15, 0.2) is 65.7 Å². The van der Waals surface area contributed by atoms with Crippen LogP contribution in [0.2, 0.25) is 0 Å². The van der Waals surface area contributed by atoms with Crippen molar-refractivity contribution in [2.24, 2.45) is 0 Å². The van der Waals surface area contributed by atoms with Gasteiger partial charge in [-0.05, 0) is 36.2 Å². The molecule has 2 aromatic carbocycles. The van der Waals surface area contributed by atoms with E-state index in [0.29, 0.717) is 18.5 Å². The quantitative estimate of drug-likeness (QED) is 0.764. The molecule has 0 spiro atoms. The van der Waals surface area contributed by atoms with Gasteiger partial charge in [-0.2, -0.15) is 0 Å². The second-order valence-corrected chi connectivity index (χ2v) is 7.81. The zero-order chi connectivity index (χ0) is 17.9. The lowest BCUT2D eigenvalue weighted by molar-refractivity contribution is 0.0954. The van der Waals surface area contributed by atoms with E-state index in [0.717, 1.165) is 22.7 Å². The van der Waals surface area contributed by atoms with E-state index < -0.39 is 9.84 Å². The summed E-state index contributed by atoms with van der Waals surface area (Å²) < 4.78 is 23.2. The second-order valence-electron chi connectivity index (χ2n) is 5.80. The molecule has 0 saturated heterocycles. The first-order valence-electron chi connectivity index (χ1n) is 7.86. The lowest BCUT2D eigenvalue weighted by Crippen LogP contribution is -2.26. The van der Waals surface area contributed by atoms with Crippen LogP contribution in [0.4, 0.5) is 0 Å². The fraction of sp³-hybridized carbons (Fsp3) is 0.158. The third-order valence-corrected chi connectivity index (χ3v) is 5.03. The maximum atomic E-state index is 12.3. The fourth-order valence-electron chi connectivity index (χ4n) is 2.65. The fourth-order valence-corrected chi connectivity index (χ4v) is 3.32. The molecule has 0 saturated carbocycles. The predicted molar refractivity (Wildman–Crippen MR) is 97.3 cm³/mol. The van der Waals surface area contributed by atoms with Gasteiger partial charge in [-0.25, -0.2) is 8.42 Å². The number of hydrogen-bond acceptors (Lipinski definition) is 4. The van der Waals surface area contributed by atoms with Crippen molar-refractivity contribution in [2.75, 3.05) is 12.8 Å². The monoisotopic (exact) mass is 354 g/mol. The molecule has 3 rings (SSSR count). The summed E-state index contributed by atoms with van der Waals surface area (Å²) in [5.74, 6) is -0.293. The molecule has 0 atom stereocenters. The molecule has 1 heterocycles. The van der Waals surface area contributed by atoms with Crippen molar-refractivity contribution in [1.29, 1.82) is 0 Å². The number of benzene rings is 2. The molecule has 1 aromatic heterocycles. The van der Waals surface area contributed by atoms with Crippen LogP contribution in [0, 0.1) is 0 Å². The Labute approximate surface area is 146 Å². The van der Waals surface area contributed by atoms with Crippen LogP contribution in [0.5, 0.6) is 0 Å². The number of amides is 1. The van der Waals surface area contributed by atoms with E-state index in [-0.39, 0.29) is 10.8 Å². The predicted octanol–water partition coefficient (Wildman–Crippen LogP) is 2.61. The topological polar surface area (TPSA) is 76.1 Å². The third-order valence-electron chi connectivity index (χ3n) is 3.92. The van der Waals surface area contributed by atoms with Gasteiger partial charge in [0.1, 0.15) is 0 Å². The summed E-state index contributed by atoms with van der Waals surface area (Å²) >= 11 is 0. The van der Waals surface area contributed by atoms with E-state index in [4.69, 9.17) is 0 Å². The van der Waals surface area contributed by atoms with Crippen LogP contribution in [-0.4, -0.2) is 32.1 Å². The molecule has 0 aliphatic carbocycles. The summed E-state index contributed by atoms with van der Waals surface area (Å²) in [5, 5.41) is 3.89. The number of sulfone groups is 1. The van der Waals surface area contributed by atoms with Crippen molar-refractivity contribution in [3.8, 4) is 0 Å². The Morgan fingerprint density at radius 1 is 1.08 bits per heavy atom. The normalized spacial score (nSPS) is 11.4. The van der Waals surface area contributed by atoms with Gasteiger partial charge in [0.15, 0.2) is 9.84 Å². The first kappa shape index (κ1) is 17.1. The van der Waals surface area contributed by atoms with Gasteiger partial charge in [-0.1, -0.05) is 30.3 Å². The number of para-hydroxylation sites is 1. The molecule has 0 unspecified atom stereocenters. The zero-order valence-electron chi connectivity index (χ0n) is 13.8. The van der Waals surface area contributed by atoms with Gasteiger partial charge in [0, 0.05) is 29.9 Å².